The van der Waals surface area contributed by atoms with Gasteiger partial charge in [-0.1, -0.05) is 29.0 Å². The van der Waals surface area contributed by atoms with Crippen LogP contribution in [-0.2, 0) is 41.2 Å². The van der Waals surface area contributed by atoms with Crippen molar-refractivity contribution in [1.82, 2.24) is 30.2 Å². The number of fused-ring (bicyclic) bond motifs is 1. The van der Waals surface area contributed by atoms with Crippen molar-refractivity contribution in [2.24, 2.45) is 0 Å². The summed E-state index contributed by atoms with van der Waals surface area (Å²) in [4.78, 5) is 72.0. The van der Waals surface area contributed by atoms with Gasteiger partial charge in [0.25, 0.3) is 0 Å². The minimum Gasteiger partial charge on any atom is -0.387 e. The molecule has 272 valence electrons. The third kappa shape index (κ3) is 13.2. The molecule has 1 fully saturated rings. The zero-order chi connectivity index (χ0) is 35.5. The van der Waals surface area contributed by atoms with Crippen molar-refractivity contribution in [3.63, 3.8) is 0 Å². The monoisotopic (exact) mass is 859 g/mol. The predicted molar refractivity (Wildman–Crippen MR) is 172 cm³/mol. The fraction of sp³-hybridized carbons (Fsp3) is 0.682. The van der Waals surface area contributed by atoms with Gasteiger partial charge in [0, 0.05) is 26.1 Å². The summed E-state index contributed by atoms with van der Waals surface area (Å²) < 4.78 is 53.4. The molecule has 0 aromatic carbocycles. The molecule has 9 N–H and O–H groups in total. The Morgan fingerprint density at radius 1 is 0.875 bits per heavy atom. The van der Waals surface area contributed by atoms with E-state index >= 15 is 0 Å². The summed E-state index contributed by atoms with van der Waals surface area (Å²) in [5.74, 6) is 0.312. The smallest absolute Gasteiger partial charge is 0.387 e. The van der Waals surface area contributed by atoms with Crippen LogP contribution in [0.4, 0.5) is 5.82 Å². The first kappa shape index (κ1) is 40.7. The normalized spacial score (nSPS) is 22.2. The second kappa shape index (κ2) is 18.5. The average molecular weight is 859 g/mol. The molecule has 1 aliphatic heterocycles. The van der Waals surface area contributed by atoms with Crippen molar-refractivity contribution in [2.75, 3.05) is 36.0 Å². The fourth-order valence-electron chi connectivity index (χ4n) is 4.37. The molecule has 0 spiro atoms. The maximum atomic E-state index is 12.0. The Balaban J connectivity index is 1.44. The Labute approximate surface area is 286 Å². The van der Waals surface area contributed by atoms with Crippen molar-refractivity contribution < 1.29 is 71.0 Å². The predicted octanol–water partition coefficient (Wildman–Crippen LogP) is 0.209. The molecular weight excluding hydrogens is 822 g/mol. The number of hydrogen-bond acceptors (Lipinski definition) is 15. The van der Waals surface area contributed by atoms with E-state index in [1.54, 1.807) is 0 Å². The topological polar surface area (TPSA) is 323 Å². The van der Waals surface area contributed by atoms with Crippen LogP contribution >= 0.6 is 46.1 Å². The minimum atomic E-state index is -5.75. The van der Waals surface area contributed by atoms with Gasteiger partial charge in [-0.25, -0.2) is 28.6 Å². The zero-order valence-electron chi connectivity index (χ0n) is 25.1. The summed E-state index contributed by atoms with van der Waals surface area (Å²) in [6.45, 7) is 0.583. The second-order valence-corrected chi connectivity index (χ2v) is 15.4. The summed E-state index contributed by atoms with van der Waals surface area (Å²) in [5.41, 5.74) is 0.485. The third-order valence-corrected chi connectivity index (χ3v) is 11.0. The summed E-state index contributed by atoms with van der Waals surface area (Å²) in [6.07, 6.45) is 0.475. The van der Waals surface area contributed by atoms with Gasteiger partial charge in [0.05, 0.1) is 17.4 Å². The van der Waals surface area contributed by atoms with Crippen molar-refractivity contribution in [2.45, 2.75) is 63.1 Å². The Morgan fingerprint density at radius 2 is 1.54 bits per heavy atom. The zero-order valence-corrected chi connectivity index (χ0v) is 29.9. The lowest BCUT2D eigenvalue weighted by Crippen LogP contribution is -2.33. The maximum Gasteiger partial charge on any atom is 0.490 e. The highest BCUT2D eigenvalue weighted by Gasteiger charge is 2.47. The third-order valence-electron chi connectivity index (χ3n) is 6.53. The molecule has 26 heteroatoms. The van der Waals surface area contributed by atoms with Gasteiger partial charge in [0.15, 0.2) is 23.2 Å². The number of unbranched alkanes of at least 4 members (excludes halogenated alkanes) is 3. The summed E-state index contributed by atoms with van der Waals surface area (Å²) >= 11 is 1.99. The van der Waals surface area contributed by atoms with Gasteiger partial charge in [0.1, 0.15) is 24.6 Å². The lowest BCUT2D eigenvalue weighted by molar-refractivity contribution is -0.121. The number of alkyl halides is 1. The summed E-state index contributed by atoms with van der Waals surface area (Å²) in [6, 6.07) is 0. The highest BCUT2D eigenvalue weighted by Crippen LogP contribution is 2.66. The average Bonchev–Trinajstić information content (AvgIpc) is 3.54. The number of hydrogen-bond donors (Lipinski definition) is 9. The van der Waals surface area contributed by atoms with E-state index in [1.807, 2.05) is 22.6 Å². The molecule has 0 bridgehead atoms. The van der Waals surface area contributed by atoms with Crippen LogP contribution in [0, 0.1) is 0 Å². The molecule has 1 saturated heterocycles. The molecule has 22 nitrogen and oxygen atoms in total. The number of amides is 2. The molecule has 3 rings (SSSR count). The van der Waals surface area contributed by atoms with E-state index in [0.29, 0.717) is 54.7 Å². The van der Waals surface area contributed by atoms with Gasteiger partial charge in [0.2, 0.25) is 11.8 Å². The Morgan fingerprint density at radius 3 is 2.23 bits per heavy atom. The molecule has 0 saturated carbocycles. The number of imidazole rings is 1. The number of rotatable bonds is 21. The van der Waals surface area contributed by atoms with Gasteiger partial charge < -0.3 is 50.5 Å². The molecule has 2 unspecified atom stereocenters. The van der Waals surface area contributed by atoms with E-state index in [0.717, 1.165) is 19.3 Å². The molecule has 0 aliphatic carbocycles. The van der Waals surface area contributed by atoms with Crippen LogP contribution in [-0.4, -0.2) is 110 Å². The van der Waals surface area contributed by atoms with Crippen LogP contribution in [0.5, 0.6) is 0 Å². The van der Waals surface area contributed by atoms with Gasteiger partial charge >= 0.3 is 23.5 Å². The quantitative estimate of drug-likeness (QED) is 0.0351. The first-order chi connectivity index (χ1) is 22.5. The number of aliphatic hydroxyl groups excluding tert-OH is 2. The van der Waals surface area contributed by atoms with E-state index < -0.39 is 54.6 Å². The van der Waals surface area contributed by atoms with Crippen LogP contribution < -0.4 is 16.0 Å². The lowest BCUT2D eigenvalue weighted by Gasteiger charge is -2.19. The second-order valence-electron chi connectivity index (χ2n) is 10.3. The Hall–Kier alpha value is -1.69. The number of aromatic nitrogens is 4. The number of halogens is 1. The van der Waals surface area contributed by atoms with Crippen LogP contribution in [0.15, 0.2) is 12.7 Å². The van der Waals surface area contributed by atoms with E-state index in [9.17, 15) is 43.3 Å². The number of nitrogens with zero attached hydrogens (tertiary/aromatic N) is 4. The molecule has 3 heterocycles. The van der Waals surface area contributed by atoms with Crippen molar-refractivity contribution >= 4 is 74.9 Å². The van der Waals surface area contributed by atoms with E-state index in [2.05, 4.69) is 44.0 Å². The highest BCUT2D eigenvalue weighted by atomic mass is 127. The van der Waals surface area contributed by atoms with Crippen LogP contribution in [0.3, 0.4) is 0 Å². The standard InChI is InChI=1S/C22H37IN7O15P3/c23-10-16(32)25-7-3-1-2-6-15(31)24-8-4-5-9-26-20-17-21(28-12-27-20)30(13-29-17)22-19(34)18(33)14(43-22)11-42-47(38,39)45-48(40,41)44-46(35,36)37/h12-14,18-19,22,33-34H,1-11H2,(H,24,31)(H,25,32)(H,38,39)(H,40,41)(H,26,27,28)(H2,35,36,37)/t14-,18-,19-,22-/m1/s1. The van der Waals surface area contributed by atoms with Crippen LogP contribution in [0.25, 0.3) is 11.2 Å². The number of nitrogens with one attached hydrogen (secondary N) is 3. The van der Waals surface area contributed by atoms with Gasteiger partial charge in [-0.05, 0) is 25.7 Å². The van der Waals surface area contributed by atoms with E-state index in [1.165, 1.54) is 17.2 Å². The number of carbonyl (C=O) groups is 2. The first-order valence-corrected chi connectivity index (χ1v) is 20.4. The molecule has 2 amide bonds. The first-order valence-electron chi connectivity index (χ1n) is 14.3. The van der Waals surface area contributed by atoms with Gasteiger partial charge in [-0.15, -0.1) is 0 Å². The largest absolute Gasteiger partial charge is 0.490 e. The Kier molecular flexibility index (Phi) is 15.7. The van der Waals surface area contributed by atoms with Crippen LogP contribution in [0.2, 0.25) is 0 Å². The van der Waals surface area contributed by atoms with E-state index in [-0.39, 0.29) is 17.5 Å². The number of aliphatic hydroxyl groups is 2. The van der Waals surface area contributed by atoms with Gasteiger partial charge in [-0.3, -0.25) is 18.7 Å². The number of anilines is 1. The SMILES string of the molecule is O=C(CI)NCCCCCC(=O)NCCCCNc1ncnc2c1ncn2[C@@H]1O[C@H](COP(=O)(O)OP(=O)(O)OP(=O)(O)O)[C@@H](O)[C@H]1O. The molecule has 2 aromatic heterocycles. The number of ether oxygens (including phenoxy) is 1. The molecule has 48 heavy (non-hydrogen) atoms. The Bertz CT molecular complexity index is 1530. The van der Waals surface area contributed by atoms with Crippen molar-refractivity contribution in [3.8, 4) is 0 Å². The number of phosphoric ester groups is 1. The summed E-state index contributed by atoms with van der Waals surface area (Å²) in [5, 5.41) is 29.8. The maximum absolute atomic E-state index is 12.0. The number of carbonyl (C=O) groups excluding carboxylic acids is 2. The lowest BCUT2D eigenvalue weighted by atomic mass is 10.1. The highest BCUT2D eigenvalue weighted by molar-refractivity contribution is 14.1. The molecule has 2 aromatic rings. The molecular formula is C22H37IN7O15P3. The molecule has 6 atom stereocenters. The minimum absolute atomic E-state index is 0.00259. The van der Waals surface area contributed by atoms with Crippen LogP contribution in [0.1, 0.15) is 44.8 Å². The fourth-order valence-corrected chi connectivity index (χ4v) is 7.67. The van der Waals surface area contributed by atoms with Gasteiger partial charge in [-0.2, -0.15) is 8.62 Å². The van der Waals surface area contributed by atoms with Crippen molar-refractivity contribution in [3.05, 3.63) is 12.7 Å². The number of phosphoric acid groups is 3. The van der Waals surface area contributed by atoms with Crippen molar-refractivity contribution in [1.29, 1.82) is 0 Å². The summed E-state index contributed by atoms with van der Waals surface area (Å²) in [7, 11) is -16.8. The van der Waals surface area contributed by atoms with E-state index in [4.69, 9.17) is 14.5 Å². The molecule has 0 radical (unpaired) electrons. The molecule has 1 aliphatic rings.